The van der Waals surface area contributed by atoms with E-state index in [1.807, 2.05) is 0 Å². The summed E-state index contributed by atoms with van der Waals surface area (Å²) in [6, 6.07) is 0. The Morgan fingerprint density at radius 1 is 1.56 bits per heavy atom. The van der Waals surface area contributed by atoms with Crippen molar-refractivity contribution in [1.82, 2.24) is 13.9 Å². The highest BCUT2D eigenvalue weighted by molar-refractivity contribution is 7.89. The highest BCUT2D eigenvalue weighted by Crippen LogP contribution is 2.11. The number of carbonyl (C=O) groups excluding carboxylic acids is 1. The Labute approximate surface area is 106 Å². The van der Waals surface area contributed by atoms with Gasteiger partial charge in [0.1, 0.15) is 0 Å². The fraction of sp³-hybridized carbons (Fsp3) is 0.600. The molecule has 1 heterocycles. The standard InChI is InChI=1S/C10H17N3O4S/c1-4-17-10(14)5-6-13(3)18(15,16)9-7-12(2)8-11-9/h7-8H,4-6H2,1-3H3. The molecule has 8 heteroatoms. The lowest BCUT2D eigenvalue weighted by Gasteiger charge is -2.14. The van der Waals surface area contributed by atoms with Crippen molar-refractivity contribution in [1.29, 1.82) is 0 Å². The molecule has 0 saturated heterocycles. The zero-order valence-electron chi connectivity index (χ0n) is 10.7. The number of rotatable bonds is 6. The van der Waals surface area contributed by atoms with Crippen LogP contribution in [-0.4, -0.2) is 48.4 Å². The number of carbonyl (C=O) groups is 1. The molecule has 1 rings (SSSR count). The van der Waals surface area contributed by atoms with Crippen molar-refractivity contribution in [3.63, 3.8) is 0 Å². The molecular formula is C10H17N3O4S. The molecule has 0 atom stereocenters. The topological polar surface area (TPSA) is 81.5 Å². The minimum atomic E-state index is -3.64. The molecule has 0 aliphatic heterocycles. The van der Waals surface area contributed by atoms with Gasteiger partial charge >= 0.3 is 5.97 Å². The molecule has 0 N–H and O–H groups in total. The Hall–Kier alpha value is -1.41. The second-order valence-electron chi connectivity index (χ2n) is 3.76. The van der Waals surface area contributed by atoms with E-state index < -0.39 is 16.0 Å². The van der Waals surface area contributed by atoms with E-state index in [0.717, 1.165) is 4.31 Å². The molecule has 0 bridgehead atoms. The van der Waals surface area contributed by atoms with Gasteiger partial charge in [0.2, 0.25) is 0 Å². The third kappa shape index (κ3) is 3.54. The van der Waals surface area contributed by atoms with Crippen molar-refractivity contribution in [2.24, 2.45) is 7.05 Å². The van der Waals surface area contributed by atoms with Crippen molar-refractivity contribution >= 4 is 16.0 Å². The van der Waals surface area contributed by atoms with Crippen LogP contribution in [0.1, 0.15) is 13.3 Å². The maximum Gasteiger partial charge on any atom is 0.307 e. The summed E-state index contributed by atoms with van der Waals surface area (Å²) in [5, 5.41) is -0.0311. The van der Waals surface area contributed by atoms with Gasteiger partial charge in [0.15, 0.2) is 5.03 Å². The third-order valence-corrected chi connectivity index (χ3v) is 4.03. The molecule has 0 fully saturated rings. The van der Waals surface area contributed by atoms with Crippen LogP contribution in [-0.2, 0) is 26.6 Å². The minimum Gasteiger partial charge on any atom is -0.466 e. The first kappa shape index (κ1) is 14.7. The van der Waals surface area contributed by atoms with Gasteiger partial charge in [-0.1, -0.05) is 0 Å². The average molecular weight is 275 g/mol. The van der Waals surface area contributed by atoms with Crippen LogP contribution < -0.4 is 0 Å². The molecule has 0 amide bonds. The smallest absolute Gasteiger partial charge is 0.307 e. The third-order valence-electron chi connectivity index (χ3n) is 2.29. The molecule has 0 aliphatic rings. The Morgan fingerprint density at radius 3 is 2.72 bits per heavy atom. The highest BCUT2D eigenvalue weighted by atomic mass is 32.2. The van der Waals surface area contributed by atoms with E-state index in [9.17, 15) is 13.2 Å². The number of hydrogen-bond donors (Lipinski definition) is 0. The number of aryl methyl sites for hydroxylation is 1. The SMILES string of the molecule is CCOC(=O)CCN(C)S(=O)(=O)c1cn(C)cn1. The summed E-state index contributed by atoms with van der Waals surface area (Å²) in [7, 11) is -0.544. The fourth-order valence-corrected chi connectivity index (χ4v) is 2.41. The van der Waals surface area contributed by atoms with Crippen LogP contribution in [0.2, 0.25) is 0 Å². The monoisotopic (exact) mass is 275 g/mol. The zero-order valence-corrected chi connectivity index (χ0v) is 11.5. The first-order chi connectivity index (χ1) is 8.37. The van der Waals surface area contributed by atoms with Gasteiger partial charge in [-0.15, -0.1) is 0 Å². The summed E-state index contributed by atoms with van der Waals surface area (Å²) in [6.45, 7) is 2.06. The van der Waals surface area contributed by atoms with Crippen LogP contribution in [0.25, 0.3) is 0 Å². The van der Waals surface area contributed by atoms with E-state index in [0.29, 0.717) is 0 Å². The quantitative estimate of drug-likeness (QED) is 0.682. The van der Waals surface area contributed by atoms with E-state index in [-0.39, 0.29) is 24.6 Å². The summed E-state index contributed by atoms with van der Waals surface area (Å²) in [5.74, 6) is -0.416. The van der Waals surface area contributed by atoms with Gasteiger partial charge in [-0.3, -0.25) is 4.79 Å². The van der Waals surface area contributed by atoms with Crippen LogP contribution in [0.5, 0.6) is 0 Å². The van der Waals surface area contributed by atoms with Crippen molar-refractivity contribution in [2.75, 3.05) is 20.2 Å². The predicted molar refractivity (Wildman–Crippen MR) is 64.3 cm³/mol. The van der Waals surface area contributed by atoms with E-state index in [2.05, 4.69) is 4.98 Å². The van der Waals surface area contributed by atoms with Crippen LogP contribution >= 0.6 is 0 Å². The first-order valence-corrected chi connectivity index (χ1v) is 6.92. The first-order valence-electron chi connectivity index (χ1n) is 5.48. The van der Waals surface area contributed by atoms with Crippen molar-refractivity contribution in [2.45, 2.75) is 18.4 Å². The second-order valence-corrected chi connectivity index (χ2v) is 5.75. The number of esters is 1. The predicted octanol–water partition coefficient (Wildman–Crippen LogP) is -0.00620. The molecule has 0 aromatic carbocycles. The summed E-state index contributed by atoms with van der Waals surface area (Å²) in [4.78, 5) is 14.9. The molecule has 0 aliphatic carbocycles. The maximum atomic E-state index is 12.0. The van der Waals surface area contributed by atoms with E-state index in [4.69, 9.17) is 4.74 Å². The lowest BCUT2D eigenvalue weighted by atomic mass is 10.4. The molecule has 0 saturated carbocycles. The Bertz CT molecular complexity index is 509. The molecule has 7 nitrogen and oxygen atoms in total. The zero-order chi connectivity index (χ0) is 13.8. The van der Waals surface area contributed by atoms with E-state index in [1.165, 1.54) is 19.6 Å². The van der Waals surface area contributed by atoms with Crippen molar-refractivity contribution in [3.8, 4) is 0 Å². The Morgan fingerprint density at radius 2 is 2.22 bits per heavy atom. The molecule has 1 aromatic heterocycles. The maximum absolute atomic E-state index is 12.0. The lowest BCUT2D eigenvalue weighted by molar-refractivity contribution is -0.143. The number of hydrogen-bond acceptors (Lipinski definition) is 5. The number of nitrogens with zero attached hydrogens (tertiary/aromatic N) is 3. The lowest BCUT2D eigenvalue weighted by Crippen LogP contribution is -2.29. The normalized spacial score (nSPS) is 11.8. The molecule has 0 unspecified atom stereocenters. The molecule has 102 valence electrons. The van der Waals surface area contributed by atoms with Crippen LogP contribution in [0.15, 0.2) is 17.6 Å². The molecule has 1 aromatic rings. The van der Waals surface area contributed by atoms with Gasteiger partial charge < -0.3 is 9.30 Å². The summed E-state index contributed by atoms with van der Waals surface area (Å²) < 4.78 is 31.4. The summed E-state index contributed by atoms with van der Waals surface area (Å²) in [6.07, 6.45) is 2.85. The number of aromatic nitrogens is 2. The molecular weight excluding hydrogens is 258 g/mol. The minimum absolute atomic E-state index is 0.0242. The van der Waals surface area contributed by atoms with Gasteiger partial charge in [-0.2, -0.15) is 4.31 Å². The molecule has 0 spiro atoms. The van der Waals surface area contributed by atoms with Gasteiger partial charge in [-0.05, 0) is 6.92 Å². The number of sulfonamides is 1. The van der Waals surface area contributed by atoms with Gasteiger partial charge in [0.05, 0.1) is 19.4 Å². The van der Waals surface area contributed by atoms with Gasteiger partial charge in [0.25, 0.3) is 10.0 Å². The number of ether oxygens (including phenoxy) is 1. The fourth-order valence-electron chi connectivity index (χ4n) is 1.28. The largest absolute Gasteiger partial charge is 0.466 e. The van der Waals surface area contributed by atoms with Gasteiger partial charge in [0, 0.05) is 26.8 Å². The van der Waals surface area contributed by atoms with E-state index in [1.54, 1.807) is 18.5 Å². The summed E-state index contributed by atoms with van der Waals surface area (Å²) in [5.41, 5.74) is 0. The molecule has 0 radical (unpaired) electrons. The van der Waals surface area contributed by atoms with E-state index >= 15 is 0 Å². The van der Waals surface area contributed by atoms with Crippen molar-refractivity contribution in [3.05, 3.63) is 12.5 Å². The second kappa shape index (κ2) is 5.96. The van der Waals surface area contributed by atoms with Crippen LogP contribution in [0.4, 0.5) is 0 Å². The summed E-state index contributed by atoms with van der Waals surface area (Å²) >= 11 is 0. The Kier molecular flexibility index (Phi) is 4.85. The highest BCUT2D eigenvalue weighted by Gasteiger charge is 2.23. The van der Waals surface area contributed by atoms with Crippen molar-refractivity contribution < 1.29 is 17.9 Å². The van der Waals surface area contributed by atoms with Crippen LogP contribution in [0, 0.1) is 0 Å². The van der Waals surface area contributed by atoms with Crippen LogP contribution in [0.3, 0.4) is 0 Å². The number of imidazole rings is 1. The molecule has 18 heavy (non-hydrogen) atoms. The Balaban J connectivity index is 2.66. The average Bonchev–Trinajstić information content (AvgIpc) is 2.73. The van der Waals surface area contributed by atoms with Gasteiger partial charge in [-0.25, -0.2) is 13.4 Å².